The topological polar surface area (TPSA) is 206 Å². The number of hydrogen-bond acceptors (Lipinski definition) is 16. The Hall–Kier alpha value is -7.10. The van der Waals surface area contributed by atoms with Crippen molar-refractivity contribution in [3.05, 3.63) is 101 Å². The van der Waals surface area contributed by atoms with Crippen LogP contribution in [0.4, 0.5) is 34.9 Å². The van der Waals surface area contributed by atoms with E-state index in [9.17, 15) is 24.0 Å². The summed E-state index contributed by atoms with van der Waals surface area (Å²) < 4.78 is 27.4. The zero-order valence-corrected chi connectivity index (χ0v) is 43.7. The van der Waals surface area contributed by atoms with E-state index in [0.29, 0.717) is 40.4 Å². The number of aromatic nitrogens is 3. The van der Waals surface area contributed by atoms with Crippen LogP contribution in [0.5, 0.6) is 0 Å². The minimum atomic E-state index is -0.785. The number of nitrogens with zero attached hydrogens (tertiary/aromatic N) is 3. The molecule has 4 rings (SSSR count). The highest BCUT2D eigenvalue weighted by atomic mass is 16.6. The minimum absolute atomic E-state index is 0.104. The molecule has 3 N–H and O–H groups in total. The van der Waals surface area contributed by atoms with Gasteiger partial charge in [0, 0.05) is 17.1 Å². The second-order valence-electron chi connectivity index (χ2n) is 22.0. The monoisotopic (exact) mass is 977 g/mol. The molecule has 0 unspecified atom stereocenters. The lowest BCUT2D eigenvalue weighted by molar-refractivity contribution is -0.151. The first kappa shape index (κ1) is 56.5. The van der Waals surface area contributed by atoms with Crippen LogP contribution >= 0.6 is 0 Å². The lowest BCUT2D eigenvalue weighted by atomic mass is 9.98. The van der Waals surface area contributed by atoms with Crippen molar-refractivity contribution < 1.29 is 47.7 Å². The van der Waals surface area contributed by atoms with E-state index in [0.717, 1.165) is 19.3 Å². The van der Waals surface area contributed by atoms with Crippen molar-refractivity contribution in [2.75, 3.05) is 49.0 Å². The highest BCUT2D eigenvalue weighted by Gasteiger charge is 2.27. The van der Waals surface area contributed by atoms with Gasteiger partial charge in [0.05, 0.1) is 38.6 Å². The van der Waals surface area contributed by atoms with Crippen LogP contribution in [0.3, 0.4) is 0 Å². The van der Waals surface area contributed by atoms with Gasteiger partial charge < -0.3 is 39.6 Å². The maximum Gasteiger partial charge on any atom is 0.345 e. The third-order valence-electron chi connectivity index (χ3n) is 9.37. The Bertz CT molecular complexity index is 2310. The maximum atomic E-state index is 13.2. The normalized spacial score (nSPS) is 11.6. The predicted octanol–water partition coefficient (Wildman–Crippen LogP) is 11.6. The maximum absolute atomic E-state index is 13.2. The molecule has 4 aromatic rings. The Morgan fingerprint density at radius 2 is 0.732 bits per heavy atom. The molecule has 0 aliphatic heterocycles. The van der Waals surface area contributed by atoms with E-state index < -0.39 is 29.8 Å². The summed E-state index contributed by atoms with van der Waals surface area (Å²) in [6.45, 7) is 25.9. The molecule has 0 radical (unpaired) electrons. The number of carbonyl (C=O) groups is 5. The molecule has 16 heteroatoms. The lowest BCUT2D eigenvalue weighted by Gasteiger charge is -2.20. The highest BCUT2D eigenvalue weighted by Crippen LogP contribution is 2.25. The first-order valence-electron chi connectivity index (χ1n) is 23.8. The number of rotatable bonds is 21. The number of carbonyl (C=O) groups excluding carboxylic acids is 5. The number of unbranched alkanes of at least 4 members (excludes halogenated alkanes) is 2. The first-order chi connectivity index (χ1) is 33.1. The highest BCUT2D eigenvalue weighted by molar-refractivity contribution is 6.18. The molecule has 0 spiro atoms. The van der Waals surface area contributed by atoms with Gasteiger partial charge in [-0.2, -0.15) is 15.0 Å². The Morgan fingerprint density at radius 3 is 1.01 bits per heavy atom. The number of ether oxygens (including phenoxy) is 5. The van der Waals surface area contributed by atoms with E-state index in [4.69, 9.17) is 23.7 Å². The SMILES string of the molecule is CCCCCOC(=O)c1ccc(Nc2nc(Nc3ccc(C=C(C(=O)OCC(C)(C)C)C(=O)OCC(C)(C)C)cc3)nc(Nc3ccc(C=C(C(=O)OCC(C)(C)C)C(=O)OCC(C)(C)C)cc3)n2)cc1. The summed E-state index contributed by atoms with van der Waals surface area (Å²) in [7, 11) is 0. The van der Waals surface area contributed by atoms with E-state index in [1.54, 1.807) is 72.8 Å². The molecule has 0 amide bonds. The number of anilines is 6. The van der Waals surface area contributed by atoms with Gasteiger partial charge in [-0.15, -0.1) is 0 Å². The van der Waals surface area contributed by atoms with Gasteiger partial charge in [-0.1, -0.05) is 127 Å². The second-order valence-corrected chi connectivity index (χ2v) is 22.0. The smallest absolute Gasteiger partial charge is 0.345 e. The summed E-state index contributed by atoms with van der Waals surface area (Å²) in [4.78, 5) is 79.3. The molecule has 0 bridgehead atoms. The van der Waals surface area contributed by atoms with Crippen molar-refractivity contribution in [2.45, 2.75) is 109 Å². The average Bonchev–Trinajstić information content (AvgIpc) is 3.28. The van der Waals surface area contributed by atoms with Crippen LogP contribution in [0.15, 0.2) is 83.9 Å². The van der Waals surface area contributed by atoms with Gasteiger partial charge in [0.25, 0.3) is 0 Å². The summed E-state index contributed by atoms with van der Waals surface area (Å²) in [5, 5.41) is 9.57. The molecular formula is C55H72N6O10. The number of hydrogen-bond donors (Lipinski definition) is 3. The minimum Gasteiger partial charge on any atom is -0.462 e. The third kappa shape index (κ3) is 21.2. The van der Waals surface area contributed by atoms with E-state index >= 15 is 0 Å². The summed E-state index contributed by atoms with van der Waals surface area (Å²) in [6, 6.07) is 20.5. The molecule has 1 heterocycles. The van der Waals surface area contributed by atoms with Gasteiger partial charge >= 0.3 is 29.8 Å². The average molecular weight is 977 g/mol. The van der Waals surface area contributed by atoms with Crippen LogP contribution in [0.25, 0.3) is 12.2 Å². The fourth-order valence-electron chi connectivity index (χ4n) is 5.72. The summed E-state index contributed by atoms with van der Waals surface area (Å²) in [5.41, 5.74) is 1.42. The van der Waals surface area contributed by atoms with Crippen molar-refractivity contribution >= 4 is 76.9 Å². The van der Waals surface area contributed by atoms with E-state index in [-0.39, 0.29) is 77.1 Å². The van der Waals surface area contributed by atoms with E-state index in [1.807, 2.05) is 83.1 Å². The molecule has 71 heavy (non-hydrogen) atoms. The predicted molar refractivity (Wildman–Crippen MR) is 276 cm³/mol. The van der Waals surface area contributed by atoms with Crippen molar-refractivity contribution in [2.24, 2.45) is 21.7 Å². The van der Waals surface area contributed by atoms with Crippen LogP contribution in [0, 0.1) is 21.7 Å². The van der Waals surface area contributed by atoms with E-state index in [2.05, 4.69) is 37.8 Å². The first-order valence-corrected chi connectivity index (χ1v) is 23.8. The fraction of sp³-hybridized carbons (Fsp3) is 0.455. The van der Waals surface area contributed by atoms with Crippen LogP contribution in [-0.4, -0.2) is 77.8 Å². The third-order valence-corrected chi connectivity index (χ3v) is 9.37. The zero-order valence-electron chi connectivity index (χ0n) is 43.7. The largest absolute Gasteiger partial charge is 0.462 e. The van der Waals surface area contributed by atoms with Gasteiger partial charge in [-0.3, -0.25) is 0 Å². The Kier molecular flexibility index (Phi) is 20.0. The summed E-state index contributed by atoms with van der Waals surface area (Å²) in [6.07, 6.45) is 5.65. The molecule has 0 saturated carbocycles. The number of esters is 5. The second kappa shape index (κ2) is 25.1. The molecule has 0 atom stereocenters. The van der Waals surface area contributed by atoms with Gasteiger partial charge in [-0.05, 0) is 99.9 Å². The lowest BCUT2D eigenvalue weighted by Crippen LogP contribution is -2.25. The van der Waals surface area contributed by atoms with Crippen molar-refractivity contribution in [3.8, 4) is 0 Å². The molecule has 1 aromatic heterocycles. The Labute approximate surface area is 418 Å². The van der Waals surface area contributed by atoms with Crippen molar-refractivity contribution in [1.82, 2.24) is 15.0 Å². The van der Waals surface area contributed by atoms with Crippen LogP contribution in [-0.2, 0) is 42.9 Å². The zero-order chi connectivity index (χ0) is 52.6. The molecule has 16 nitrogen and oxygen atoms in total. The number of benzene rings is 3. The fourth-order valence-corrected chi connectivity index (χ4v) is 5.72. The standard InChI is InChI=1S/C55H72N6O10/c1-14-15-16-29-67-44(62)38-21-27-41(28-22-38)58-51-60-49(56-39-23-17-36(18-24-39)30-42(45(63)68-32-52(2,3)4)46(64)69-33-53(5,6)7)59-50(61-51)57-40-25-19-37(20-26-40)31-43(47(65)70-34-54(8,9)10)48(66)71-35-55(11,12)13/h17-28,30-31H,14-16,29,32-35H2,1-13H3,(H3,56,57,58,59,60,61). The molecule has 0 aliphatic carbocycles. The molecule has 0 aliphatic rings. The van der Waals surface area contributed by atoms with Gasteiger partial charge in [0.2, 0.25) is 17.8 Å². The van der Waals surface area contributed by atoms with Gasteiger partial charge in [-0.25, -0.2) is 24.0 Å². The molecule has 0 fully saturated rings. The number of nitrogens with one attached hydrogen (secondary N) is 3. The van der Waals surface area contributed by atoms with Crippen LogP contribution in [0.1, 0.15) is 131 Å². The molecule has 382 valence electrons. The van der Waals surface area contributed by atoms with Crippen LogP contribution in [0.2, 0.25) is 0 Å². The molecular weight excluding hydrogens is 905 g/mol. The Balaban J connectivity index is 1.65. The van der Waals surface area contributed by atoms with Crippen molar-refractivity contribution in [1.29, 1.82) is 0 Å². The molecule has 3 aromatic carbocycles. The molecule has 0 saturated heterocycles. The van der Waals surface area contributed by atoms with Crippen LogP contribution < -0.4 is 16.0 Å². The quantitative estimate of drug-likeness (QED) is 0.0177. The summed E-state index contributed by atoms with van der Waals surface area (Å²) >= 11 is 0. The van der Waals surface area contributed by atoms with Crippen molar-refractivity contribution in [3.63, 3.8) is 0 Å². The van der Waals surface area contributed by atoms with Gasteiger partial charge in [0.1, 0.15) is 11.1 Å². The Morgan fingerprint density at radius 1 is 0.437 bits per heavy atom. The van der Waals surface area contributed by atoms with E-state index in [1.165, 1.54) is 12.2 Å². The summed E-state index contributed by atoms with van der Waals surface area (Å²) in [5.74, 6) is -3.12. The van der Waals surface area contributed by atoms with Gasteiger partial charge in [0.15, 0.2) is 0 Å².